The molecule has 102 valence electrons. The maximum Gasteiger partial charge on any atom is 0.131 e. The molecule has 4 heteroatoms. The smallest absolute Gasteiger partial charge is 0.131 e. The van der Waals surface area contributed by atoms with Crippen LogP contribution in [0.1, 0.15) is 25.5 Å². The zero-order valence-corrected chi connectivity index (χ0v) is 11.7. The van der Waals surface area contributed by atoms with Crippen LogP contribution in [0.25, 0.3) is 0 Å². The van der Waals surface area contributed by atoms with Gasteiger partial charge in [-0.3, -0.25) is 0 Å². The first-order chi connectivity index (χ1) is 8.58. The third-order valence-corrected chi connectivity index (χ3v) is 3.16. The summed E-state index contributed by atoms with van der Waals surface area (Å²) in [5.74, 6) is 0.326. The summed E-state index contributed by atoms with van der Waals surface area (Å²) in [4.78, 5) is 2.21. The van der Waals surface area contributed by atoms with Gasteiger partial charge in [-0.1, -0.05) is 13.0 Å². The van der Waals surface area contributed by atoms with Gasteiger partial charge in [0.1, 0.15) is 11.6 Å². The van der Waals surface area contributed by atoms with E-state index >= 15 is 0 Å². The van der Waals surface area contributed by atoms with Crippen molar-refractivity contribution in [1.82, 2.24) is 10.2 Å². The fourth-order valence-corrected chi connectivity index (χ4v) is 1.73. The number of nitrogens with one attached hydrogen (secondary N) is 1. The summed E-state index contributed by atoms with van der Waals surface area (Å²) in [6.07, 6.45) is 0. The Bertz CT molecular complexity index is 371. The molecule has 0 aliphatic heterocycles. The summed E-state index contributed by atoms with van der Waals surface area (Å²) >= 11 is 0. The number of likely N-dealkylation sites (N-methyl/N-ethyl adjacent to an activating group) is 1. The number of methoxy groups -OCH3 is 1. The minimum absolute atomic E-state index is 0.00108. The van der Waals surface area contributed by atoms with E-state index < -0.39 is 0 Å². The van der Waals surface area contributed by atoms with Crippen LogP contribution < -0.4 is 10.1 Å². The molecule has 0 aromatic heterocycles. The van der Waals surface area contributed by atoms with Gasteiger partial charge in [0.05, 0.1) is 7.11 Å². The molecule has 0 amide bonds. The van der Waals surface area contributed by atoms with Crippen molar-refractivity contribution in [2.45, 2.75) is 19.9 Å². The lowest BCUT2D eigenvalue weighted by atomic mass is 10.1. The summed E-state index contributed by atoms with van der Waals surface area (Å²) in [5.41, 5.74) is 0.676. The number of hydrogen-bond acceptors (Lipinski definition) is 3. The summed E-state index contributed by atoms with van der Waals surface area (Å²) in [7, 11) is 3.61. The van der Waals surface area contributed by atoms with Gasteiger partial charge >= 0.3 is 0 Å². The standard InChI is InChI=1S/C14H23FN2O/c1-5-17(3)9-8-16-11(2)13-7-6-12(18-4)10-14(13)15/h6-7,10-11,16H,5,8-9H2,1-4H3. The molecule has 0 saturated carbocycles. The molecule has 0 heterocycles. The van der Waals surface area contributed by atoms with Crippen LogP contribution in [0.2, 0.25) is 0 Å². The zero-order chi connectivity index (χ0) is 13.5. The first kappa shape index (κ1) is 14.9. The fraction of sp³-hybridized carbons (Fsp3) is 0.571. The third kappa shape index (κ3) is 4.27. The second-order valence-electron chi connectivity index (χ2n) is 4.46. The molecule has 3 nitrogen and oxygen atoms in total. The minimum atomic E-state index is -0.224. The van der Waals surface area contributed by atoms with Crippen molar-refractivity contribution in [2.75, 3.05) is 33.8 Å². The molecule has 1 rings (SSSR count). The Morgan fingerprint density at radius 1 is 1.44 bits per heavy atom. The van der Waals surface area contributed by atoms with Crippen LogP contribution >= 0.6 is 0 Å². The van der Waals surface area contributed by atoms with Gasteiger partial charge < -0.3 is 15.0 Å². The highest BCUT2D eigenvalue weighted by Crippen LogP contribution is 2.21. The third-order valence-electron chi connectivity index (χ3n) is 3.16. The summed E-state index contributed by atoms with van der Waals surface area (Å²) < 4.78 is 18.8. The van der Waals surface area contributed by atoms with Gasteiger partial charge in [-0.15, -0.1) is 0 Å². The monoisotopic (exact) mass is 254 g/mol. The van der Waals surface area contributed by atoms with Crippen molar-refractivity contribution >= 4 is 0 Å². The predicted molar refractivity (Wildman–Crippen MR) is 72.5 cm³/mol. The highest BCUT2D eigenvalue weighted by atomic mass is 19.1. The van der Waals surface area contributed by atoms with Crippen LogP contribution in [0.3, 0.4) is 0 Å². The van der Waals surface area contributed by atoms with E-state index in [-0.39, 0.29) is 11.9 Å². The first-order valence-corrected chi connectivity index (χ1v) is 6.33. The molecule has 0 bridgehead atoms. The fourth-order valence-electron chi connectivity index (χ4n) is 1.73. The lowest BCUT2D eigenvalue weighted by Gasteiger charge is -2.18. The molecule has 0 spiro atoms. The van der Waals surface area contributed by atoms with Crippen LogP contribution in [-0.4, -0.2) is 38.7 Å². The Morgan fingerprint density at radius 3 is 2.72 bits per heavy atom. The van der Waals surface area contributed by atoms with Gasteiger partial charge in [0, 0.05) is 30.8 Å². The summed E-state index contributed by atoms with van der Waals surface area (Å²) in [6.45, 7) is 6.91. The van der Waals surface area contributed by atoms with E-state index in [0.717, 1.165) is 19.6 Å². The quantitative estimate of drug-likeness (QED) is 0.809. The van der Waals surface area contributed by atoms with Crippen molar-refractivity contribution < 1.29 is 9.13 Å². The van der Waals surface area contributed by atoms with Gasteiger partial charge in [-0.05, 0) is 26.6 Å². The highest BCUT2D eigenvalue weighted by molar-refractivity contribution is 5.30. The molecule has 1 unspecified atom stereocenters. The number of nitrogens with zero attached hydrogens (tertiary/aromatic N) is 1. The Labute approximate surface area is 109 Å². The SMILES string of the molecule is CCN(C)CCNC(C)c1ccc(OC)cc1F. The number of benzene rings is 1. The highest BCUT2D eigenvalue weighted by Gasteiger charge is 2.11. The van der Waals surface area contributed by atoms with Gasteiger partial charge in [-0.2, -0.15) is 0 Å². The number of halogens is 1. The van der Waals surface area contributed by atoms with Crippen LogP contribution in [0, 0.1) is 5.82 Å². The Hall–Kier alpha value is -1.13. The van der Waals surface area contributed by atoms with Crippen molar-refractivity contribution in [1.29, 1.82) is 0 Å². The van der Waals surface area contributed by atoms with E-state index in [1.54, 1.807) is 12.1 Å². The van der Waals surface area contributed by atoms with E-state index in [2.05, 4.69) is 24.2 Å². The lowest BCUT2D eigenvalue weighted by molar-refractivity contribution is 0.341. The van der Waals surface area contributed by atoms with Crippen LogP contribution in [0.5, 0.6) is 5.75 Å². The van der Waals surface area contributed by atoms with Gasteiger partial charge in [0.25, 0.3) is 0 Å². The molecule has 0 aliphatic rings. The molecule has 0 saturated heterocycles. The zero-order valence-electron chi connectivity index (χ0n) is 11.7. The number of ether oxygens (including phenoxy) is 1. The first-order valence-electron chi connectivity index (χ1n) is 6.33. The average Bonchev–Trinajstić information content (AvgIpc) is 2.37. The van der Waals surface area contributed by atoms with Crippen molar-refractivity contribution in [3.05, 3.63) is 29.6 Å². The summed E-state index contributed by atoms with van der Waals surface area (Å²) in [5, 5.41) is 3.32. The molecule has 0 aliphatic carbocycles. The van der Waals surface area contributed by atoms with E-state index in [9.17, 15) is 4.39 Å². The maximum atomic E-state index is 13.8. The topological polar surface area (TPSA) is 24.5 Å². The van der Waals surface area contributed by atoms with Gasteiger partial charge in [-0.25, -0.2) is 4.39 Å². The van der Waals surface area contributed by atoms with Crippen LogP contribution in [0.15, 0.2) is 18.2 Å². The molecular weight excluding hydrogens is 231 g/mol. The molecule has 0 fully saturated rings. The number of rotatable bonds is 7. The minimum Gasteiger partial charge on any atom is -0.497 e. The van der Waals surface area contributed by atoms with Gasteiger partial charge in [0.2, 0.25) is 0 Å². The molecule has 1 atom stereocenters. The van der Waals surface area contributed by atoms with E-state index in [4.69, 9.17) is 4.74 Å². The van der Waals surface area contributed by atoms with Crippen molar-refractivity contribution in [3.8, 4) is 5.75 Å². The second kappa shape index (κ2) is 7.34. The van der Waals surface area contributed by atoms with Crippen LogP contribution in [-0.2, 0) is 0 Å². The maximum absolute atomic E-state index is 13.8. The molecule has 0 radical (unpaired) electrons. The molecule has 1 N–H and O–H groups in total. The molecular formula is C14H23FN2O. The van der Waals surface area contributed by atoms with E-state index in [0.29, 0.717) is 11.3 Å². The van der Waals surface area contributed by atoms with Crippen LogP contribution in [0.4, 0.5) is 4.39 Å². The second-order valence-corrected chi connectivity index (χ2v) is 4.46. The Morgan fingerprint density at radius 2 is 2.17 bits per heavy atom. The normalized spacial score (nSPS) is 12.8. The lowest BCUT2D eigenvalue weighted by Crippen LogP contribution is -2.30. The van der Waals surface area contributed by atoms with E-state index in [1.807, 2.05) is 6.92 Å². The predicted octanol–water partition coefficient (Wildman–Crippen LogP) is 2.44. The van der Waals surface area contributed by atoms with Crippen molar-refractivity contribution in [3.63, 3.8) is 0 Å². The Kier molecular flexibility index (Phi) is 6.09. The largest absolute Gasteiger partial charge is 0.497 e. The molecule has 1 aromatic rings. The average molecular weight is 254 g/mol. The molecule has 18 heavy (non-hydrogen) atoms. The van der Waals surface area contributed by atoms with E-state index in [1.165, 1.54) is 13.2 Å². The molecule has 1 aromatic carbocycles. The van der Waals surface area contributed by atoms with Gasteiger partial charge in [0.15, 0.2) is 0 Å². The van der Waals surface area contributed by atoms with Crippen molar-refractivity contribution in [2.24, 2.45) is 0 Å². The number of hydrogen-bond donors (Lipinski definition) is 1. The summed E-state index contributed by atoms with van der Waals surface area (Å²) in [6, 6.07) is 4.98. The Balaban J connectivity index is 2.53.